The lowest BCUT2D eigenvalue weighted by molar-refractivity contribution is 0.262. The molecule has 7 heteroatoms. The molecule has 0 aliphatic rings. The van der Waals surface area contributed by atoms with Gasteiger partial charge in [-0.1, -0.05) is 32.0 Å². The van der Waals surface area contributed by atoms with E-state index >= 15 is 0 Å². The minimum Gasteiger partial charge on any atom is -0.382 e. The van der Waals surface area contributed by atoms with E-state index in [0.29, 0.717) is 17.6 Å². The van der Waals surface area contributed by atoms with E-state index in [-0.39, 0.29) is 6.03 Å². The number of carbonyl (C=O) groups excluding carboxylic acids is 1. The molecule has 0 saturated heterocycles. The number of hydrogen-bond acceptors (Lipinski definition) is 4. The van der Waals surface area contributed by atoms with Gasteiger partial charge in [0.25, 0.3) is 0 Å². The second-order valence-corrected chi connectivity index (χ2v) is 7.16. The molecule has 0 fully saturated rings. The van der Waals surface area contributed by atoms with Gasteiger partial charge < -0.3 is 11.1 Å². The Labute approximate surface area is 168 Å². The van der Waals surface area contributed by atoms with Crippen LogP contribution in [-0.2, 0) is 0 Å². The number of nitrogen functional groups attached to an aromatic ring is 1. The van der Waals surface area contributed by atoms with Gasteiger partial charge in [0.1, 0.15) is 5.82 Å². The molecule has 2 heterocycles. The van der Waals surface area contributed by atoms with Crippen molar-refractivity contribution in [3.8, 4) is 11.1 Å². The summed E-state index contributed by atoms with van der Waals surface area (Å²) in [6.07, 6.45) is 1.66. The zero-order valence-electron chi connectivity index (χ0n) is 16.2. The molecule has 0 atom stereocenters. The van der Waals surface area contributed by atoms with Crippen molar-refractivity contribution in [1.29, 1.82) is 0 Å². The molecule has 146 valence electrons. The van der Waals surface area contributed by atoms with Gasteiger partial charge in [0.05, 0.1) is 5.52 Å². The SMILES string of the molecule is CC(C)c1cccc(NC(=O)Nc2cc(-c3ccc4[nH]nc(N)c4c3)ccn2)c1. The fraction of sp³-hybridized carbons (Fsp3) is 0.136. The molecule has 0 spiro atoms. The van der Waals surface area contributed by atoms with E-state index in [1.54, 1.807) is 6.20 Å². The number of nitrogens with two attached hydrogens (primary N) is 1. The average Bonchev–Trinajstić information content (AvgIpc) is 3.08. The number of aromatic nitrogens is 3. The van der Waals surface area contributed by atoms with Crippen LogP contribution >= 0.6 is 0 Å². The predicted octanol–water partition coefficient (Wildman–Crippen LogP) is 4.97. The topological polar surface area (TPSA) is 109 Å². The largest absolute Gasteiger partial charge is 0.382 e. The Morgan fingerprint density at radius 3 is 2.69 bits per heavy atom. The maximum atomic E-state index is 12.4. The number of H-pyrrole nitrogens is 1. The summed E-state index contributed by atoms with van der Waals surface area (Å²) < 4.78 is 0. The van der Waals surface area contributed by atoms with Crippen LogP contribution in [0.4, 0.5) is 22.1 Å². The predicted molar refractivity (Wildman–Crippen MR) is 117 cm³/mol. The molecule has 2 aromatic heterocycles. The second-order valence-electron chi connectivity index (χ2n) is 7.16. The van der Waals surface area contributed by atoms with Gasteiger partial charge in [-0.05, 0) is 59.0 Å². The third-order valence-electron chi connectivity index (χ3n) is 4.74. The van der Waals surface area contributed by atoms with Crippen LogP contribution in [0, 0.1) is 0 Å². The Balaban J connectivity index is 1.51. The lowest BCUT2D eigenvalue weighted by atomic mass is 10.0. The standard InChI is InChI=1S/C22H22N6O/c1-13(2)14-4-3-5-17(10-14)25-22(29)26-20-12-16(8-9-24-20)15-6-7-19-18(11-15)21(23)28-27-19/h3-13H,1-2H3,(H3,23,27,28)(H2,24,25,26,29). The summed E-state index contributed by atoms with van der Waals surface area (Å²) in [5.74, 6) is 1.30. The van der Waals surface area contributed by atoms with E-state index in [0.717, 1.165) is 33.3 Å². The van der Waals surface area contributed by atoms with Crippen molar-refractivity contribution >= 4 is 34.3 Å². The molecule has 29 heavy (non-hydrogen) atoms. The maximum absolute atomic E-state index is 12.4. The van der Waals surface area contributed by atoms with E-state index in [9.17, 15) is 4.79 Å². The summed E-state index contributed by atoms with van der Waals surface area (Å²) in [7, 11) is 0. The minimum absolute atomic E-state index is 0.343. The van der Waals surface area contributed by atoms with Gasteiger partial charge >= 0.3 is 6.03 Å². The van der Waals surface area contributed by atoms with E-state index in [2.05, 4.69) is 39.7 Å². The maximum Gasteiger partial charge on any atom is 0.324 e. The molecule has 7 nitrogen and oxygen atoms in total. The molecule has 2 amide bonds. The quantitative estimate of drug-likeness (QED) is 0.397. The highest BCUT2D eigenvalue weighted by atomic mass is 16.2. The monoisotopic (exact) mass is 386 g/mol. The Morgan fingerprint density at radius 1 is 1.03 bits per heavy atom. The number of benzene rings is 2. The number of rotatable bonds is 4. The Morgan fingerprint density at radius 2 is 1.86 bits per heavy atom. The number of urea groups is 1. The number of nitrogens with one attached hydrogen (secondary N) is 3. The summed E-state index contributed by atoms with van der Waals surface area (Å²) in [6, 6.07) is 17.0. The number of aromatic amines is 1. The van der Waals surface area contributed by atoms with Crippen LogP contribution in [-0.4, -0.2) is 21.2 Å². The molecule has 0 aliphatic heterocycles. The van der Waals surface area contributed by atoms with Gasteiger partial charge in [0.2, 0.25) is 0 Å². The Bertz CT molecular complexity index is 1180. The Kier molecular flexibility index (Phi) is 4.87. The van der Waals surface area contributed by atoms with Crippen molar-refractivity contribution in [2.45, 2.75) is 19.8 Å². The van der Waals surface area contributed by atoms with Gasteiger partial charge in [-0.2, -0.15) is 5.10 Å². The van der Waals surface area contributed by atoms with Crippen LogP contribution in [0.1, 0.15) is 25.3 Å². The van der Waals surface area contributed by atoms with E-state index in [4.69, 9.17) is 5.73 Å². The van der Waals surface area contributed by atoms with E-state index < -0.39 is 0 Å². The number of hydrogen-bond donors (Lipinski definition) is 4. The smallest absolute Gasteiger partial charge is 0.324 e. The van der Waals surface area contributed by atoms with Gasteiger partial charge in [-0.3, -0.25) is 10.4 Å². The summed E-state index contributed by atoms with van der Waals surface area (Å²) >= 11 is 0. The zero-order chi connectivity index (χ0) is 20.4. The van der Waals surface area contributed by atoms with Crippen molar-refractivity contribution in [1.82, 2.24) is 15.2 Å². The highest BCUT2D eigenvalue weighted by Crippen LogP contribution is 2.27. The molecule has 0 saturated carbocycles. The first-order chi connectivity index (χ1) is 14.0. The molecule has 0 radical (unpaired) electrons. The van der Waals surface area contributed by atoms with Crippen LogP contribution in [0.2, 0.25) is 0 Å². The highest BCUT2D eigenvalue weighted by molar-refractivity contribution is 5.99. The van der Waals surface area contributed by atoms with Gasteiger partial charge in [-0.15, -0.1) is 0 Å². The van der Waals surface area contributed by atoms with Crippen molar-refractivity contribution in [3.63, 3.8) is 0 Å². The average molecular weight is 386 g/mol. The van der Waals surface area contributed by atoms with Crippen molar-refractivity contribution in [3.05, 3.63) is 66.4 Å². The fourth-order valence-electron chi connectivity index (χ4n) is 3.15. The zero-order valence-corrected chi connectivity index (χ0v) is 16.2. The van der Waals surface area contributed by atoms with Crippen molar-refractivity contribution in [2.75, 3.05) is 16.4 Å². The summed E-state index contributed by atoms with van der Waals surface area (Å²) in [4.78, 5) is 16.7. The second kappa shape index (κ2) is 7.63. The molecule has 0 bridgehead atoms. The van der Waals surface area contributed by atoms with Crippen LogP contribution in [0.15, 0.2) is 60.8 Å². The van der Waals surface area contributed by atoms with Crippen molar-refractivity contribution < 1.29 is 4.79 Å². The molecule has 0 unspecified atom stereocenters. The van der Waals surface area contributed by atoms with E-state index in [1.807, 2.05) is 54.6 Å². The lowest BCUT2D eigenvalue weighted by Gasteiger charge is -2.11. The van der Waals surface area contributed by atoms with Crippen LogP contribution < -0.4 is 16.4 Å². The summed E-state index contributed by atoms with van der Waals surface area (Å²) in [5.41, 5.74) is 10.6. The van der Waals surface area contributed by atoms with Crippen LogP contribution in [0.25, 0.3) is 22.0 Å². The van der Waals surface area contributed by atoms with Crippen LogP contribution in [0.5, 0.6) is 0 Å². The normalized spacial score (nSPS) is 11.0. The Hall–Kier alpha value is -3.87. The number of nitrogens with zero attached hydrogens (tertiary/aromatic N) is 2. The molecular formula is C22H22N6O. The van der Waals surface area contributed by atoms with Gasteiger partial charge in [-0.25, -0.2) is 9.78 Å². The summed E-state index contributed by atoms with van der Waals surface area (Å²) in [5, 5.41) is 13.4. The number of fused-ring (bicyclic) bond motifs is 1. The molecule has 2 aromatic carbocycles. The van der Waals surface area contributed by atoms with Crippen molar-refractivity contribution in [2.24, 2.45) is 0 Å². The third kappa shape index (κ3) is 4.03. The van der Waals surface area contributed by atoms with Gasteiger partial charge in [0.15, 0.2) is 5.82 Å². The fourth-order valence-corrected chi connectivity index (χ4v) is 3.15. The van der Waals surface area contributed by atoms with Gasteiger partial charge in [0, 0.05) is 17.3 Å². The van der Waals surface area contributed by atoms with E-state index in [1.165, 1.54) is 0 Å². The lowest BCUT2D eigenvalue weighted by Crippen LogP contribution is -2.20. The minimum atomic E-state index is -0.343. The first-order valence-corrected chi connectivity index (χ1v) is 9.37. The van der Waals surface area contributed by atoms with Crippen LogP contribution in [0.3, 0.4) is 0 Å². The number of anilines is 3. The highest BCUT2D eigenvalue weighted by Gasteiger charge is 2.09. The number of carbonyl (C=O) groups is 1. The molecule has 4 rings (SSSR count). The molecular weight excluding hydrogens is 364 g/mol. The molecule has 4 aromatic rings. The molecule has 5 N–H and O–H groups in total. The molecule has 0 aliphatic carbocycles. The summed E-state index contributed by atoms with van der Waals surface area (Å²) in [6.45, 7) is 4.23. The first-order valence-electron chi connectivity index (χ1n) is 9.37. The first kappa shape index (κ1) is 18.5. The third-order valence-corrected chi connectivity index (χ3v) is 4.74. The number of amides is 2. The number of pyridine rings is 1.